The van der Waals surface area contributed by atoms with Gasteiger partial charge in [-0.2, -0.15) is 0 Å². The number of imidazole rings is 1. The highest BCUT2D eigenvalue weighted by Crippen LogP contribution is 2.25. The second-order valence-corrected chi connectivity index (χ2v) is 4.76. The van der Waals surface area contributed by atoms with Crippen molar-refractivity contribution >= 4 is 5.69 Å². The van der Waals surface area contributed by atoms with Gasteiger partial charge in [-0.05, 0) is 30.8 Å². The molecule has 19 heavy (non-hydrogen) atoms. The molecule has 0 atom stereocenters. The molecule has 1 N–H and O–H groups in total. The van der Waals surface area contributed by atoms with Gasteiger partial charge in [-0.25, -0.2) is 9.37 Å². The van der Waals surface area contributed by atoms with Gasteiger partial charge in [-0.3, -0.25) is 0 Å². The van der Waals surface area contributed by atoms with Crippen molar-refractivity contribution in [3.63, 3.8) is 0 Å². The maximum absolute atomic E-state index is 13.4. The minimum atomic E-state index is -0.187. The number of nitrogens with one attached hydrogen (secondary N) is 1. The summed E-state index contributed by atoms with van der Waals surface area (Å²) in [7, 11) is 1.87. The third kappa shape index (κ3) is 2.33. The van der Waals surface area contributed by atoms with Crippen molar-refractivity contribution in [1.29, 1.82) is 0 Å². The van der Waals surface area contributed by atoms with Gasteiger partial charge in [0, 0.05) is 37.7 Å². The van der Waals surface area contributed by atoms with E-state index in [0.29, 0.717) is 6.54 Å². The first-order valence-corrected chi connectivity index (χ1v) is 6.46. The zero-order valence-electron chi connectivity index (χ0n) is 10.9. The van der Waals surface area contributed by atoms with Crippen molar-refractivity contribution in [2.45, 2.75) is 19.6 Å². The zero-order valence-corrected chi connectivity index (χ0v) is 10.9. The summed E-state index contributed by atoms with van der Waals surface area (Å²) in [5.74, 6) is 0.874. The molecule has 100 valence electrons. The number of aromatic nitrogens is 2. The topological polar surface area (TPSA) is 33.1 Å². The third-order valence-electron chi connectivity index (χ3n) is 3.49. The average molecular weight is 260 g/mol. The Morgan fingerprint density at radius 2 is 2.26 bits per heavy atom. The molecule has 0 amide bonds. The Balaban J connectivity index is 1.90. The van der Waals surface area contributed by atoms with Gasteiger partial charge < -0.3 is 14.8 Å². The van der Waals surface area contributed by atoms with Crippen molar-refractivity contribution < 1.29 is 4.39 Å². The van der Waals surface area contributed by atoms with E-state index in [1.165, 1.54) is 6.07 Å². The first-order valence-electron chi connectivity index (χ1n) is 6.46. The number of rotatable bonds is 3. The van der Waals surface area contributed by atoms with Crippen LogP contribution in [-0.4, -0.2) is 23.1 Å². The minimum absolute atomic E-state index is 0.187. The van der Waals surface area contributed by atoms with Gasteiger partial charge in [0.1, 0.15) is 11.6 Å². The number of halogens is 1. The van der Waals surface area contributed by atoms with Crippen LogP contribution in [0.25, 0.3) is 0 Å². The number of hydrogen-bond donors (Lipinski definition) is 1. The number of nitrogens with zero attached hydrogens (tertiary/aromatic N) is 3. The molecule has 1 aliphatic rings. The van der Waals surface area contributed by atoms with E-state index in [9.17, 15) is 4.39 Å². The lowest BCUT2D eigenvalue weighted by Crippen LogP contribution is -2.34. The number of fused-ring (bicyclic) bond motifs is 1. The highest BCUT2D eigenvalue weighted by atomic mass is 19.1. The molecule has 4 nitrogen and oxygen atoms in total. The highest BCUT2D eigenvalue weighted by Gasteiger charge is 2.19. The maximum Gasteiger partial charge on any atom is 0.128 e. The summed E-state index contributed by atoms with van der Waals surface area (Å²) >= 11 is 0. The largest absolute Gasteiger partial charge is 0.362 e. The normalized spacial score (nSPS) is 14.5. The van der Waals surface area contributed by atoms with Crippen LogP contribution in [-0.2, 0) is 19.6 Å². The zero-order chi connectivity index (χ0) is 13.2. The molecular weight excluding hydrogens is 243 g/mol. The molecule has 0 fully saturated rings. The molecule has 1 aromatic heterocycles. The van der Waals surface area contributed by atoms with Crippen molar-refractivity contribution in [2.24, 2.45) is 0 Å². The molecular formula is C14H17FN4. The first kappa shape index (κ1) is 12.2. The number of hydrogen-bond acceptors (Lipinski definition) is 3. The van der Waals surface area contributed by atoms with Crippen molar-refractivity contribution in [3.8, 4) is 0 Å². The molecule has 0 saturated carbocycles. The van der Waals surface area contributed by atoms with Gasteiger partial charge in [0.25, 0.3) is 0 Å². The summed E-state index contributed by atoms with van der Waals surface area (Å²) in [5.41, 5.74) is 2.08. The molecule has 0 aliphatic carbocycles. The number of benzene rings is 1. The monoisotopic (exact) mass is 260 g/mol. The molecule has 3 rings (SSSR count). The third-order valence-corrected chi connectivity index (χ3v) is 3.49. The lowest BCUT2D eigenvalue weighted by atomic mass is 10.1. The molecule has 0 saturated heterocycles. The Morgan fingerprint density at radius 1 is 1.37 bits per heavy atom. The minimum Gasteiger partial charge on any atom is -0.362 e. The summed E-state index contributed by atoms with van der Waals surface area (Å²) in [4.78, 5) is 6.62. The number of anilines is 1. The van der Waals surface area contributed by atoms with Crippen LogP contribution in [0, 0.1) is 5.82 Å². The molecule has 0 bridgehead atoms. The Labute approximate surface area is 111 Å². The van der Waals surface area contributed by atoms with Gasteiger partial charge in [0.2, 0.25) is 0 Å². The SMILES string of the molecule is CNCc1cc(F)ccc1N1CCn2ccnc2C1. The van der Waals surface area contributed by atoms with E-state index in [4.69, 9.17) is 0 Å². The van der Waals surface area contributed by atoms with Crippen molar-refractivity contribution in [1.82, 2.24) is 14.9 Å². The Morgan fingerprint density at radius 3 is 3.11 bits per heavy atom. The van der Waals surface area contributed by atoms with E-state index in [1.807, 2.05) is 25.5 Å². The quantitative estimate of drug-likeness (QED) is 0.913. The van der Waals surface area contributed by atoms with Crippen molar-refractivity contribution in [2.75, 3.05) is 18.5 Å². The van der Waals surface area contributed by atoms with Gasteiger partial charge in [0.15, 0.2) is 0 Å². The fourth-order valence-electron chi connectivity index (χ4n) is 2.57. The molecule has 2 heterocycles. The van der Waals surface area contributed by atoms with E-state index in [2.05, 4.69) is 19.8 Å². The summed E-state index contributed by atoms with van der Waals surface area (Å²) < 4.78 is 15.5. The van der Waals surface area contributed by atoms with Crippen LogP contribution in [0.2, 0.25) is 0 Å². The fraction of sp³-hybridized carbons (Fsp3) is 0.357. The van der Waals surface area contributed by atoms with E-state index in [-0.39, 0.29) is 5.82 Å². The van der Waals surface area contributed by atoms with E-state index < -0.39 is 0 Å². The molecule has 0 radical (unpaired) electrons. The van der Waals surface area contributed by atoms with Crippen LogP contribution in [0.1, 0.15) is 11.4 Å². The van der Waals surface area contributed by atoms with E-state index in [0.717, 1.165) is 36.7 Å². The van der Waals surface area contributed by atoms with Crippen LogP contribution >= 0.6 is 0 Å². The Kier molecular flexibility index (Phi) is 3.21. The smallest absolute Gasteiger partial charge is 0.128 e. The first-order chi connectivity index (χ1) is 9.28. The molecule has 5 heteroatoms. The molecule has 0 spiro atoms. The summed E-state index contributed by atoms with van der Waals surface area (Å²) in [6, 6.07) is 4.99. The molecule has 2 aromatic rings. The predicted octanol–water partition coefficient (Wildman–Crippen LogP) is 1.76. The van der Waals surface area contributed by atoms with Crippen LogP contribution in [0.5, 0.6) is 0 Å². The molecule has 1 aliphatic heterocycles. The van der Waals surface area contributed by atoms with Gasteiger partial charge in [-0.1, -0.05) is 0 Å². The standard InChI is InChI=1S/C14H17FN4/c1-16-9-11-8-12(15)2-3-13(11)19-7-6-18-5-4-17-14(18)10-19/h2-5,8,16H,6-7,9-10H2,1H3. The highest BCUT2D eigenvalue weighted by molar-refractivity contribution is 5.54. The average Bonchev–Trinajstić information content (AvgIpc) is 2.86. The van der Waals surface area contributed by atoms with Gasteiger partial charge in [0.05, 0.1) is 6.54 Å². The van der Waals surface area contributed by atoms with Gasteiger partial charge in [-0.15, -0.1) is 0 Å². The fourth-order valence-corrected chi connectivity index (χ4v) is 2.57. The molecule has 0 unspecified atom stereocenters. The van der Waals surface area contributed by atoms with Crippen LogP contribution in [0.4, 0.5) is 10.1 Å². The van der Waals surface area contributed by atoms with Crippen molar-refractivity contribution in [3.05, 3.63) is 47.8 Å². The van der Waals surface area contributed by atoms with Crippen LogP contribution in [0.15, 0.2) is 30.6 Å². The Bertz CT molecular complexity index is 579. The Hall–Kier alpha value is -1.88. The lowest BCUT2D eigenvalue weighted by Gasteiger charge is -2.31. The van der Waals surface area contributed by atoms with Gasteiger partial charge >= 0.3 is 0 Å². The van der Waals surface area contributed by atoms with E-state index in [1.54, 1.807) is 6.07 Å². The summed E-state index contributed by atoms with van der Waals surface area (Å²) in [6.45, 7) is 3.28. The molecule has 1 aromatic carbocycles. The predicted molar refractivity (Wildman–Crippen MR) is 72.4 cm³/mol. The summed E-state index contributed by atoms with van der Waals surface area (Å²) in [5, 5.41) is 3.09. The second-order valence-electron chi connectivity index (χ2n) is 4.76. The maximum atomic E-state index is 13.4. The summed E-state index contributed by atoms with van der Waals surface area (Å²) in [6.07, 6.45) is 3.84. The van der Waals surface area contributed by atoms with Crippen LogP contribution in [0.3, 0.4) is 0 Å². The second kappa shape index (κ2) is 5.01. The van der Waals surface area contributed by atoms with E-state index >= 15 is 0 Å². The lowest BCUT2D eigenvalue weighted by molar-refractivity contribution is 0.557. The van der Waals surface area contributed by atoms with Crippen LogP contribution < -0.4 is 10.2 Å².